The number of allylic oxidation sites excluding steroid dienone is 2. The van der Waals surface area contributed by atoms with Gasteiger partial charge in [-0.05, 0) is 36.1 Å². The molecule has 0 saturated carbocycles. The largest absolute Gasteiger partial charge is 0.381 e. The second-order valence-corrected chi connectivity index (χ2v) is 5.33. The van der Waals surface area contributed by atoms with Gasteiger partial charge >= 0.3 is 0 Å². The smallest absolute Gasteiger partial charge is 0.180 e. The fourth-order valence-corrected chi connectivity index (χ4v) is 2.36. The number of anilines is 1. The van der Waals surface area contributed by atoms with Crippen LogP contribution in [0.25, 0.3) is 17.3 Å². The molecule has 0 aliphatic carbocycles. The summed E-state index contributed by atoms with van der Waals surface area (Å²) in [6.45, 7) is 8.31. The normalized spacial score (nSPS) is 11.8. The molecule has 0 aliphatic heterocycles. The molecule has 0 saturated heterocycles. The topological polar surface area (TPSA) is 56.2 Å². The van der Waals surface area contributed by atoms with Crippen LogP contribution in [0.15, 0.2) is 55.0 Å². The lowest BCUT2D eigenvalue weighted by molar-refractivity contribution is 1.13. The minimum atomic E-state index is 0.419. The third kappa shape index (κ3) is 2.51. The number of aromatic nitrogens is 3. The predicted molar refractivity (Wildman–Crippen MR) is 91.3 cm³/mol. The van der Waals surface area contributed by atoms with Crippen molar-refractivity contribution in [1.82, 2.24) is 14.4 Å². The van der Waals surface area contributed by atoms with Crippen molar-refractivity contribution < 1.29 is 0 Å². The Balaban J connectivity index is 1.98. The zero-order valence-electron chi connectivity index (χ0n) is 12.7. The highest BCUT2D eigenvalue weighted by molar-refractivity contribution is 5.82. The molecule has 0 spiro atoms. The first-order chi connectivity index (χ1) is 10.6. The number of hydrogen-bond donors (Lipinski definition) is 1. The monoisotopic (exact) mass is 290 g/mol. The molecule has 3 rings (SSSR count). The van der Waals surface area contributed by atoms with Gasteiger partial charge in [-0.3, -0.25) is 0 Å². The van der Waals surface area contributed by atoms with Gasteiger partial charge in [0.05, 0.1) is 5.69 Å². The molecule has 3 aromatic rings. The minimum absolute atomic E-state index is 0.419. The van der Waals surface area contributed by atoms with Crippen molar-refractivity contribution in [2.24, 2.45) is 0 Å². The van der Waals surface area contributed by atoms with Crippen LogP contribution in [0.5, 0.6) is 0 Å². The van der Waals surface area contributed by atoms with E-state index in [4.69, 9.17) is 5.73 Å². The molecule has 1 aromatic carbocycles. The lowest BCUT2D eigenvalue weighted by atomic mass is 10.0. The van der Waals surface area contributed by atoms with Crippen molar-refractivity contribution in [2.75, 3.05) is 5.73 Å². The summed E-state index contributed by atoms with van der Waals surface area (Å²) >= 11 is 0. The summed E-state index contributed by atoms with van der Waals surface area (Å²) in [5, 5.41) is 0. The first-order valence-electron chi connectivity index (χ1n) is 7.09. The van der Waals surface area contributed by atoms with E-state index in [0.29, 0.717) is 11.5 Å². The van der Waals surface area contributed by atoms with Crippen LogP contribution in [-0.4, -0.2) is 14.4 Å². The summed E-state index contributed by atoms with van der Waals surface area (Å²) in [5.74, 6) is 0.419. The second-order valence-electron chi connectivity index (χ2n) is 5.33. The maximum Gasteiger partial charge on any atom is 0.180 e. The number of nitrogens with zero attached hydrogens (tertiary/aromatic N) is 3. The van der Waals surface area contributed by atoms with E-state index in [2.05, 4.69) is 41.7 Å². The quantitative estimate of drug-likeness (QED) is 0.748. The molecule has 0 bridgehead atoms. The van der Waals surface area contributed by atoms with E-state index in [-0.39, 0.29) is 0 Å². The number of fused-ring (bicyclic) bond motifs is 1. The SMILES string of the molecule is C=C(C(C)=Cc1ccccc1C)c1cn2ccnc(N)c2n1. The van der Waals surface area contributed by atoms with Gasteiger partial charge in [-0.1, -0.05) is 36.9 Å². The molecule has 2 heterocycles. The van der Waals surface area contributed by atoms with Gasteiger partial charge in [-0.2, -0.15) is 0 Å². The number of rotatable bonds is 3. The number of nitrogen functional groups attached to an aromatic ring is 1. The summed E-state index contributed by atoms with van der Waals surface area (Å²) in [4.78, 5) is 8.59. The van der Waals surface area contributed by atoms with Crippen molar-refractivity contribution in [3.63, 3.8) is 0 Å². The Hall–Kier alpha value is -2.88. The molecular weight excluding hydrogens is 272 g/mol. The average Bonchev–Trinajstić information content (AvgIpc) is 2.94. The van der Waals surface area contributed by atoms with E-state index in [9.17, 15) is 0 Å². The Kier molecular flexibility index (Phi) is 3.51. The van der Waals surface area contributed by atoms with Gasteiger partial charge in [0.1, 0.15) is 0 Å². The molecule has 2 N–H and O–H groups in total. The van der Waals surface area contributed by atoms with Crippen molar-refractivity contribution in [3.05, 3.63) is 71.8 Å². The molecule has 4 heteroatoms. The Morgan fingerprint density at radius 3 is 2.82 bits per heavy atom. The van der Waals surface area contributed by atoms with Crippen LogP contribution in [0.2, 0.25) is 0 Å². The van der Waals surface area contributed by atoms with E-state index in [1.165, 1.54) is 11.1 Å². The van der Waals surface area contributed by atoms with Gasteiger partial charge in [-0.25, -0.2) is 9.97 Å². The van der Waals surface area contributed by atoms with Crippen LogP contribution in [0.3, 0.4) is 0 Å². The second kappa shape index (κ2) is 5.48. The third-order valence-corrected chi connectivity index (χ3v) is 3.75. The number of benzene rings is 1. The molecule has 0 radical (unpaired) electrons. The highest BCUT2D eigenvalue weighted by atomic mass is 15.1. The Morgan fingerprint density at radius 2 is 2.09 bits per heavy atom. The van der Waals surface area contributed by atoms with Crippen LogP contribution < -0.4 is 5.73 Å². The Morgan fingerprint density at radius 1 is 1.32 bits per heavy atom. The molecule has 4 nitrogen and oxygen atoms in total. The molecule has 0 aliphatic rings. The fourth-order valence-electron chi connectivity index (χ4n) is 2.36. The van der Waals surface area contributed by atoms with Crippen LogP contribution in [0, 0.1) is 6.92 Å². The van der Waals surface area contributed by atoms with Gasteiger partial charge in [0.25, 0.3) is 0 Å². The zero-order valence-corrected chi connectivity index (χ0v) is 12.7. The van der Waals surface area contributed by atoms with Crippen LogP contribution >= 0.6 is 0 Å². The number of aryl methyl sites for hydroxylation is 1. The molecule has 0 amide bonds. The molecular formula is C18H18N4. The molecule has 110 valence electrons. The van der Waals surface area contributed by atoms with Crippen LogP contribution in [0.4, 0.5) is 5.82 Å². The van der Waals surface area contributed by atoms with Gasteiger partial charge in [-0.15, -0.1) is 0 Å². The van der Waals surface area contributed by atoms with Crippen molar-refractivity contribution >= 4 is 23.1 Å². The standard InChI is InChI=1S/C18H18N4/c1-12-6-4-5-7-15(12)10-13(2)14(3)16-11-22-9-8-20-17(19)18(22)21-16/h4-11H,3H2,1-2H3,(H2,19,20). The average molecular weight is 290 g/mol. The molecule has 0 fully saturated rings. The van der Waals surface area contributed by atoms with Crippen molar-refractivity contribution in [3.8, 4) is 0 Å². The van der Waals surface area contributed by atoms with Gasteiger partial charge in [0.15, 0.2) is 11.5 Å². The van der Waals surface area contributed by atoms with Crippen LogP contribution in [0.1, 0.15) is 23.7 Å². The number of imidazole rings is 1. The highest BCUT2D eigenvalue weighted by Gasteiger charge is 2.09. The molecule has 0 unspecified atom stereocenters. The van der Waals surface area contributed by atoms with E-state index in [1.54, 1.807) is 6.20 Å². The lowest BCUT2D eigenvalue weighted by Crippen LogP contribution is -1.94. The fraction of sp³-hybridized carbons (Fsp3) is 0.111. The maximum absolute atomic E-state index is 5.85. The third-order valence-electron chi connectivity index (χ3n) is 3.75. The number of hydrogen-bond acceptors (Lipinski definition) is 3. The maximum atomic E-state index is 5.85. The first kappa shape index (κ1) is 14.1. The lowest BCUT2D eigenvalue weighted by Gasteiger charge is -2.05. The first-order valence-corrected chi connectivity index (χ1v) is 7.09. The van der Waals surface area contributed by atoms with E-state index in [0.717, 1.165) is 16.8 Å². The number of nitrogens with two attached hydrogens (primary N) is 1. The Labute approximate surface area is 129 Å². The minimum Gasteiger partial charge on any atom is -0.381 e. The summed E-state index contributed by atoms with van der Waals surface area (Å²) < 4.78 is 1.86. The Bertz CT molecular complexity index is 887. The van der Waals surface area contributed by atoms with Crippen molar-refractivity contribution in [2.45, 2.75) is 13.8 Å². The molecule has 22 heavy (non-hydrogen) atoms. The highest BCUT2D eigenvalue weighted by Crippen LogP contribution is 2.24. The zero-order chi connectivity index (χ0) is 15.7. The van der Waals surface area contributed by atoms with E-state index >= 15 is 0 Å². The van der Waals surface area contributed by atoms with E-state index < -0.39 is 0 Å². The van der Waals surface area contributed by atoms with Crippen molar-refractivity contribution in [1.29, 1.82) is 0 Å². The molecule has 2 aromatic heterocycles. The predicted octanol–water partition coefficient (Wildman–Crippen LogP) is 3.74. The summed E-state index contributed by atoms with van der Waals surface area (Å²) in [5.41, 5.74) is 11.7. The van der Waals surface area contributed by atoms with Gasteiger partial charge in [0, 0.05) is 18.6 Å². The molecule has 0 atom stereocenters. The van der Waals surface area contributed by atoms with Gasteiger partial charge < -0.3 is 10.1 Å². The van der Waals surface area contributed by atoms with Crippen LogP contribution in [-0.2, 0) is 0 Å². The van der Waals surface area contributed by atoms with Gasteiger partial charge in [0.2, 0.25) is 0 Å². The summed E-state index contributed by atoms with van der Waals surface area (Å²) in [6.07, 6.45) is 7.54. The summed E-state index contributed by atoms with van der Waals surface area (Å²) in [7, 11) is 0. The summed E-state index contributed by atoms with van der Waals surface area (Å²) in [6, 6.07) is 8.26. The van der Waals surface area contributed by atoms with E-state index in [1.807, 2.05) is 35.9 Å².